The van der Waals surface area contributed by atoms with E-state index in [1.54, 1.807) is 16.9 Å². The third-order valence-corrected chi connectivity index (χ3v) is 2.68. The molecule has 0 radical (unpaired) electrons. The first-order valence-corrected chi connectivity index (χ1v) is 6.07. The molecule has 0 unspecified atom stereocenters. The quantitative estimate of drug-likeness (QED) is 0.938. The van der Waals surface area contributed by atoms with Crippen molar-refractivity contribution >= 4 is 5.95 Å². The number of aromatic nitrogens is 4. The molecule has 0 aliphatic rings. The van der Waals surface area contributed by atoms with Gasteiger partial charge in [0.2, 0.25) is 5.95 Å². The van der Waals surface area contributed by atoms with Gasteiger partial charge in [-0.15, -0.1) is 0 Å². The molecule has 0 atom stereocenters. The zero-order chi connectivity index (χ0) is 14.8. The first-order chi connectivity index (χ1) is 9.40. The molecule has 0 saturated carbocycles. The Balaban J connectivity index is 2.16. The van der Waals surface area contributed by atoms with Gasteiger partial charge in [-0.05, 0) is 26.0 Å². The Bertz CT molecular complexity index is 591. The lowest BCUT2D eigenvalue weighted by molar-refractivity contribution is -0.141. The van der Waals surface area contributed by atoms with Gasteiger partial charge in [0.15, 0.2) is 0 Å². The first kappa shape index (κ1) is 14.3. The van der Waals surface area contributed by atoms with Crippen molar-refractivity contribution in [1.29, 1.82) is 0 Å². The summed E-state index contributed by atoms with van der Waals surface area (Å²) < 4.78 is 39.7. The second-order valence-electron chi connectivity index (χ2n) is 4.21. The summed E-state index contributed by atoms with van der Waals surface area (Å²) in [4.78, 5) is 7.43. The summed E-state index contributed by atoms with van der Waals surface area (Å²) in [6.45, 7) is 4.43. The highest BCUT2D eigenvalue weighted by atomic mass is 19.4. The smallest absolute Gasteiger partial charge is 0.349 e. The number of alkyl halides is 3. The van der Waals surface area contributed by atoms with Crippen LogP contribution in [0.4, 0.5) is 19.1 Å². The minimum absolute atomic E-state index is 0.0406. The molecule has 0 amide bonds. The van der Waals surface area contributed by atoms with Crippen molar-refractivity contribution < 1.29 is 13.2 Å². The van der Waals surface area contributed by atoms with Crippen molar-refractivity contribution in [2.24, 2.45) is 0 Å². The third-order valence-electron chi connectivity index (χ3n) is 2.68. The molecular weight excluding hydrogens is 271 g/mol. The normalized spacial score (nSPS) is 11.7. The Morgan fingerprint density at radius 1 is 1.30 bits per heavy atom. The van der Waals surface area contributed by atoms with Crippen LogP contribution in [0.25, 0.3) is 0 Å². The van der Waals surface area contributed by atoms with Crippen LogP contribution >= 0.6 is 0 Å². The minimum Gasteiger partial charge on any atom is -0.349 e. The lowest BCUT2D eigenvalue weighted by Crippen LogP contribution is -2.14. The van der Waals surface area contributed by atoms with Crippen LogP contribution in [-0.2, 0) is 19.3 Å². The molecule has 2 heterocycles. The number of hydrogen-bond donors (Lipinski definition) is 1. The molecule has 0 aliphatic heterocycles. The fraction of sp³-hybridized carbons (Fsp3) is 0.417. The molecule has 2 rings (SSSR count). The van der Waals surface area contributed by atoms with Crippen LogP contribution < -0.4 is 5.32 Å². The van der Waals surface area contributed by atoms with E-state index < -0.39 is 11.9 Å². The van der Waals surface area contributed by atoms with Crippen LogP contribution in [0.1, 0.15) is 24.0 Å². The maximum absolute atomic E-state index is 12.6. The second-order valence-corrected chi connectivity index (χ2v) is 4.21. The monoisotopic (exact) mass is 285 g/mol. The summed E-state index contributed by atoms with van der Waals surface area (Å²) in [5.41, 5.74) is 0.168. The molecule has 0 saturated heterocycles. The van der Waals surface area contributed by atoms with Crippen molar-refractivity contribution in [2.45, 2.75) is 33.1 Å². The van der Waals surface area contributed by atoms with E-state index in [0.29, 0.717) is 13.1 Å². The van der Waals surface area contributed by atoms with E-state index in [4.69, 9.17) is 0 Å². The summed E-state index contributed by atoms with van der Waals surface area (Å²) >= 11 is 0. The fourth-order valence-corrected chi connectivity index (χ4v) is 1.76. The van der Waals surface area contributed by atoms with E-state index >= 15 is 0 Å². The van der Waals surface area contributed by atoms with Gasteiger partial charge in [0.25, 0.3) is 0 Å². The molecule has 108 valence electrons. The van der Waals surface area contributed by atoms with Crippen molar-refractivity contribution in [2.75, 3.05) is 5.32 Å². The fourth-order valence-electron chi connectivity index (χ4n) is 1.76. The number of aryl methyl sites for hydroxylation is 2. The number of rotatable bonds is 4. The van der Waals surface area contributed by atoms with Crippen LogP contribution in [0.15, 0.2) is 18.3 Å². The van der Waals surface area contributed by atoms with Gasteiger partial charge in [-0.1, -0.05) is 0 Å². The molecule has 0 aliphatic carbocycles. The van der Waals surface area contributed by atoms with E-state index in [0.717, 1.165) is 11.8 Å². The Morgan fingerprint density at radius 2 is 2.05 bits per heavy atom. The molecule has 2 aromatic heterocycles. The molecule has 0 fully saturated rings. The van der Waals surface area contributed by atoms with Crippen molar-refractivity contribution in [3.63, 3.8) is 0 Å². The van der Waals surface area contributed by atoms with Crippen LogP contribution in [0.5, 0.6) is 0 Å². The summed E-state index contributed by atoms with van der Waals surface area (Å²) in [6, 6.07) is 2.71. The van der Waals surface area contributed by atoms with Gasteiger partial charge in [0, 0.05) is 18.4 Å². The first-order valence-electron chi connectivity index (χ1n) is 6.07. The molecule has 5 nitrogen and oxygen atoms in total. The summed E-state index contributed by atoms with van der Waals surface area (Å²) in [6.07, 6.45) is -2.84. The van der Waals surface area contributed by atoms with Gasteiger partial charge in [0.05, 0.1) is 12.2 Å². The average Bonchev–Trinajstić information content (AvgIpc) is 2.82. The van der Waals surface area contributed by atoms with Crippen LogP contribution in [0.2, 0.25) is 0 Å². The van der Waals surface area contributed by atoms with Gasteiger partial charge in [0.1, 0.15) is 5.69 Å². The van der Waals surface area contributed by atoms with Crippen molar-refractivity contribution in [1.82, 2.24) is 19.7 Å². The largest absolute Gasteiger partial charge is 0.433 e. The molecule has 8 heteroatoms. The van der Waals surface area contributed by atoms with Gasteiger partial charge in [-0.3, -0.25) is 4.68 Å². The van der Waals surface area contributed by atoms with Gasteiger partial charge in [-0.2, -0.15) is 18.3 Å². The second kappa shape index (κ2) is 5.48. The summed E-state index contributed by atoms with van der Waals surface area (Å²) in [7, 11) is 0. The summed E-state index contributed by atoms with van der Waals surface area (Å²) in [5, 5.41) is 6.87. The third kappa shape index (κ3) is 3.25. The van der Waals surface area contributed by atoms with Crippen LogP contribution in [-0.4, -0.2) is 19.7 Å². The lowest BCUT2D eigenvalue weighted by atomic mass is 10.3. The maximum Gasteiger partial charge on any atom is 0.433 e. The predicted octanol–water partition coefficient (Wildman–Crippen LogP) is 2.63. The van der Waals surface area contributed by atoms with Crippen molar-refractivity contribution in [3.8, 4) is 0 Å². The number of halogens is 3. The number of hydrogen-bond acceptors (Lipinski definition) is 4. The molecule has 0 aromatic carbocycles. The standard InChI is InChI=1S/C12H14F3N5/c1-3-20-9(4-5-17-20)7-16-11-18-8(2)6-10(19-11)12(13,14)15/h4-6H,3,7H2,1-2H3,(H,16,18,19). The highest BCUT2D eigenvalue weighted by molar-refractivity contribution is 5.29. The van der Waals surface area contributed by atoms with E-state index in [1.807, 2.05) is 6.92 Å². The van der Waals surface area contributed by atoms with E-state index in [9.17, 15) is 13.2 Å². The number of nitrogens with one attached hydrogen (secondary N) is 1. The average molecular weight is 285 g/mol. The zero-order valence-corrected chi connectivity index (χ0v) is 11.1. The van der Waals surface area contributed by atoms with Gasteiger partial charge < -0.3 is 5.32 Å². The summed E-state index contributed by atoms with van der Waals surface area (Å²) in [5.74, 6) is -0.0406. The minimum atomic E-state index is -4.48. The molecule has 1 N–H and O–H groups in total. The van der Waals surface area contributed by atoms with E-state index in [-0.39, 0.29) is 11.6 Å². The Kier molecular flexibility index (Phi) is 3.91. The Morgan fingerprint density at radius 3 is 2.70 bits per heavy atom. The topological polar surface area (TPSA) is 55.6 Å². The van der Waals surface area contributed by atoms with Crippen LogP contribution in [0, 0.1) is 6.92 Å². The number of nitrogens with zero attached hydrogens (tertiary/aromatic N) is 4. The molecule has 20 heavy (non-hydrogen) atoms. The Labute approximate surface area is 113 Å². The highest BCUT2D eigenvalue weighted by Gasteiger charge is 2.33. The van der Waals surface area contributed by atoms with Crippen molar-refractivity contribution in [3.05, 3.63) is 35.4 Å². The predicted molar refractivity (Wildman–Crippen MR) is 67.0 cm³/mol. The molecule has 0 bridgehead atoms. The molecule has 2 aromatic rings. The van der Waals surface area contributed by atoms with Gasteiger partial charge >= 0.3 is 6.18 Å². The number of anilines is 1. The molecular formula is C12H14F3N5. The van der Waals surface area contributed by atoms with E-state index in [1.165, 1.54) is 6.92 Å². The van der Waals surface area contributed by atoms with Gasteiger partial charge in [-0.25, -0.2) is 9.97 Å². The Hall–Kier alpha value is -2.12. The SMILES string of the molecule is CCn1nccc1CNc1nc(C)cc(C(F)(F)F)n1. The zero-order valence-electron chi connectivity index (χ0n) is 11.1. The lowest BCUT2D eigenvalue weighted by Gasteiger charge is -2.10. The highest BCUT2D eigenvalue weighted by Crippen LogP contribution is 2.28. The van der Waals surface area contributed by atoms with Crippen LogP contribution in [0.3, 0.4) is 0 Å². The van der Waals surface area contributed by atoms with E-state index in [2.05, 4.69) is 20.4 Å². The maximum atomic E-state index is 12.6. The molecule has 0 spiro atoms.